The number of aromatic nitrogens is 2. The summed E-state index contributed by atoms with van der Waals surface area (Å²) in [7, 11) is 4.47. The van der Waals surface area contributed by atoms with Crippen LogP contribution in [0.25, 0.3) is 11.4 Å². The maximum atomic E-state index is 13.1. The van der Waals surface area contributed by atoms with E-state index in [1.165, 1.54) is 50.5 Å². The number of nitrogens with zero attached hydrogens (tertiary/aromatic N) is 3. The standard InChI is InChI=1S/C24H25FN4O6/c1-13(24-27-22(28-35-24)14-5-7-16(25)8-6-14)26-23(31)15-9-20(30)29(12-15)17-10-18(32-2)21(34-4)19(11-17)33-3/h5-8,10-11,13,15H,9,12H2,1-4H3,(H,26,31). The Morgan fingerprint density at radius 3 is 2.40 bits per heavy atom. The topological polar surface area (TPSA) is 116 Å². The molecule has 11 heteroatoms. The van der Waals surface area contributed by atoms with E-state index in [0.29, 0.717) is 28.5 Å². The number of carbonyl (C=O) groups excluding carboxylic acids is 2. The van der Waals surface area contributed by atoms with E-state index in [4.69, 9.17) is 18.7 Å². The average molecular weight is 484 g/mol. The van der Waals surface area contributed by atoms with E-state index in [2.05, 4.69) is 15.5 Å². The second-order valence-electron chi connectivity index (χ2n) is 7.98. The van der Waals surface area contributed by atoms with Gasteiger partial charge in [0.05, 0.1) is 32.9 Å². The molecule has 35 heavy (non-hydrogen) atoms. The zero-order valence-electron chi connectivity index (χ0n) is 19.7. The van der Waals surface area contributed by atoms with Crippen molar-refractivity contribution < 1.29 is 32.7 Å². The molecule has 0 saturated carbocycles. The molecule has 2 atom stereocenters. The van der Waals surface area contributed by atoms with Gasteiger partial charge in [0.1, 0.15) is 11.9 Å². The highest BCUT2D eigenvalue weighted by Crippen LogP contribution is 2.42. The predicted molar refractivity (Wildman–Crippen MR) is 123 cm³/mol. The molecule has 2 unspecified atom stereocenters. The van der Waals surface area contributed by atoms with E-state index in [-0.39, 0.29) is 42.3 Å². The van der Waals surface area contributed by atoms with Crippen molar-refractivity contribution in [1.29, 1.82) is 0 Å². The lowest BCUT2D eigenvalue weighted by molar-refractivity contribution is -0.127. The van der Waals surface area contributed by atoms with Gasteiger partial charge in [-0.2, -0.15) is 4.98 Å². The van der Waals surface area contributed by atoms with Crippen LogP contribution in [0.5, 0.6) is 17.2 Å². The third kappa shape index (κ3) is 4.88. The minimum Gasteiger partial charge on any atom is -0.493 e. The van der Waals surface area contributed by atoms with E-state index in [1.54, 1.807) is 19.1 Å². The van der Waals surface area contributed by atoms with Crippen LogP contribution in [-0.2, 0) is 9.59 Å². The summed E-state index contributed by atoms with van der Waals surface area (Å²) in [6.45, 7) is 1.88. The first-order chi connectivity index (χ1) is 16.8. The summed E-state index contributed by atoms with van der Waals surface area (Å²) in [4.78, 5) is 31.5. The summed E-state index contributed by atoms with van der Waals surface area (Å²) in [6.07, 6.45) is 0.0415. The first-order valence-electron chi connectivity index (χ1n) is 10.8. The normalized spacial score (nSPS) is 16.2. The molecule has 0 spiro atoms. The van der Waals surface area contributed by atoms with Crippen LogP contribution in [-0.4, -0.2) is 49.8 Å². The van der Waals surface area contributed by atoms with Crippen molar-refractivity contribution in [2.75, 3.05) is 32.8 Å². The first-order valence-corrected chi connectivity index (χ1v) is 10.8. The zero-order chi connectivity index (χ0) is 25.1. The second-order valence-corrected chi connectivity index (χ2v) is 7.98. The van der Waals surface area contributed by atoms with Crippen molar-refractivity contribution in [1.82, 2.24) is 15.5 Å². The van der Waals surface area contributed by atoms with Gasteiger partial charge in [0.15, 0.2) is 11.5 Å². The number of hydrogen-bond acceptors (Lipinski definition) is 8. The molecule has 2 heterocycles. The van der Waals surface area contributed by atoms with Gasteiger partial charge in [-0.05, 0) is 31.2 Å². The van der Waals surface area contributed by atoms with Gasteiger partial charge in [0.25, 0.3) is 0 Å². The quantitative estimate of drug-likeness (QED) is 0.519. The first kappa shape index (κ1) is 24.0. The molecule has 0 bridgehead atoms. The number of rotatable bonds is 8. The Kier molecular flexibility index (Phi) is 6.85. The summed E-state index contributed by atoms with van der Waals surface area (Å²) in [5, 5.41) is 6.72. The fourth-order valence-electron chi connectivity index (χ4n) is 3.88. The fraction of sp³-hybridized carbons (Fsp3) is 0.333. The van der Waals surface area contributed by atoms with Gasteiger partial charge in [-0.1, -0.05) is 5.16 Å². The van der Waals surface area contributed by atoms with Crippen LogP contribution in [0.3, 0.4) is 0 Å². The van der Waals surface area contributed by atoms with E-state index in [9.17, 15) is 14.0 Å². The lowest BCUT2D eigenvalue weighted by Crippen LogP contribution is -2.34. The zero-order valence-corrected chi connectivity index (χ0v) is 19.7. The van der Waals surface area contributed by atoms with Gasteiger partial charge < -0.3 is 29.0 Å². The highest BCUT2D eigenvalue weighted by atomic mass is 19.1. The molecule has 3 aromatic rings. The number of ether oxygens (including phenoxy) is 3. The maximum Gasteiger partial charge on any atom is 0.249 e. The molecular formula is C24H25FN4O6. The smallest absolute Gasteiger partial charge is 0.249 e. The number of nitrogens with one attached hydrogen (secondary N) is 1. The van der Waals surface area contributed by atoms with Gasteiger partial charge >= 0.3 is 0 Å². The molecule has 4 rings (SSSR count). The molecule has 1 fully saturated rings. The second kappa shape index (κ2) is 10.00. The van der Waals surface area contributed by atoms with Crippen molar-refractivity contribution in [3.05, 3.63) is 48.1 Å². The molecule has 1 aromatic heterocycles. The average Bonchev–Trinajstić information content (AvgIpc) is 3.51. The fourth-order valence-corrected chi connectivity index (χ4v) is 3.88. The Morgan fingerprint density at radius 2 is 1.80 bits per heavy atom. The molecule has 184 valence electrons. The third-order valence-electron chi connectivity index (χ3n) is 5.73. The molecular weight excluding hydrogens is 459 g/mol. The molecule has 2 amide bonds. The molecule has 1 N–H and O–H groups in total. The number of carbonyl (C=O) groups is 2. The van der Waals surface area contributed by atoms with E-state index >= 15 is 0 Å². The van der Waals surface area contributed by atoms with Crippen LogP contribution in [0.4, 0.5) is 10.1 Å². The summed E-state index contributed by atoms with van der Waals surface area (Å²) < 4.78 is 34.5. The van der Waals surface area contributed by atoms with Gasteiger partial charge in [-0.25, -0.2) is 4.39 Å². The number of benzene rings is 2. The number of amides is 2. The Bertz CT molecular complexity index is 1200. The van der Waals surface area contributed by atoms with Gasteiger partial charge in [-0.15, -0.1) is 0 Å². The maximum absolute atomic E-state index is 13.1. The molecule has 1 saturated heterocycles. The van der Waals surface area contributed by atoms with Crippen molar-refractivity contribution in [2.24, 2.45) is 5.92 Å². The molecule has 1 aliphatic rings. The van der Waals surface area contributed by atoms with Crippen LogP contribution in [0.2, 0.25) is 0 Å². The number of halogens is 1. The minimum absolute atomic E-state index is 0.0415. The molecule has 2 aromatic carbocycles. The largest absolute Gasteiger partial charge is 0.493 e. The summed E-state index contributed by atoms with van der Waals surface area (Å²) in [5.74, 6) is 0.232. The van der Waals surface area contributed by atoms with Crippen LogP contribution in [0.1, 0.15) is 25.3 Å². The Labute approximate surface area is 201 Å². The minimum atomic E-state index is -0.588. The van der Waals surface area contributed by atoms with Gasteiger partial charge in [0, 0.05) is 30.7 Å². The summed E-state index contributed by atoms with van der Waals surface area (Å²) in [6, 6.07) is 8.41. The summed E-state index contributed by atoms with van der Waals surface area (Å²) >= 11 is 0. The lowest BCUT2D eigenvalue weighted by Gasteiger charge is -2.20. The molecule has 0 radical (unpaired) electrons. The summed E-state index contributed by atoms with van der Waals surface area (Å²) in [5.41, 5.74) is 1.12. The van der Waals surface area contributed by atoms with Crippen LogP contribution >= 0.6 is 0 Å². The van der Waals surface area contributed by atoms with Crippen molar-refractivity contribution >= 4 is 17.5 Å². The SMILES string of the molecule is COc1cc(N2CC(C(=O)NC(C)c3nc(-c4ccc(F)cc4)no3)CC2=O)cc(OC)c1OC. The molecule has 10 nitrogen and oxygen atoms in total. The van der Waals surface area contributed by atoms with Crippen molar-refractivity contribution in [3.8, 4) is 28.6 Å². The van der Waals surface area contributed by atoms with E-state index in [0.717, 1.165) is 0 Å². The molecule has 1 aliphatic heterocycles. The third-order valence-corrected chi connectivity index (χ3v) is 5.73. The Morgan fingerprint density at radius 1 is 1.14 bits per heavy atom. The van der Waals surface area contributed by atoms with Crippen molar-refractivity contribution in [3.63, 3.8) is 0 Å². The lowest BCUT2D eigenvalue weighted by atomic mass is 10.1. The number of methoxy groups -OCH3 is 3. The van der Waals surface area contributed by atoms with Crippen LogP contribution in [0, 0.1) is 11.7 Å². The van der Waals surface area contributed by atoms with Crippen molar-refractivity contribution in [2.45, 2.75) is 19.4 Å². The van der Waals surface area contributed by atoms with Gasteiger partial charge in [-0.3, -0.25) is 9.59 Å². The predicted octanol–water partition coefficient (Wildman–Crippen LogP) is 3.13. The highest BCUT2D eigenvalue weighted by Gasteiger charge is 2.37. The molecule has 0 aliphatic carbocycles. The van der Waals surface area contributed by atoms with Crippen LogP contribution in [0.15, 0.2) is 40.9 Å². The van der Waals surface area contributed by atoms with E-state index < -0.39 is 12.0 Å². The Balaban J connectivity index is 1.44. The van der Waals surface area contributed by atoms with E-state index in [1.807, 2.05) is 0 Å². The number of anilines is 1. The van der Waals surface area contributed by atoms with Gasteiger partial charge in [0.2, 0.25) is 29.3 Å². The number of hydrogen-bond donors (Lipinski definition) is 1. The van der Waals surface area contributed by atoms with Crippen LogP contribution < -0.4 is 24.4 Å². The Hall–Kier alpha value is -4.15. The highest BCUT2D eigenvalue weighted by molar-refractivity contribution is 6.00. The monoisotopic (exact) mass is 484 g/mol.